The Morgan fingerprint density at radius 3 is 2.50 bits per heavy atom. The molecule has 0 spiro atoms. The quantitative estimate of drug-likeness (QED) is 0.737. The Balaban J connectivity index is 1.30. The van der Waals surface area contributed by atoms with E-state index in [0.717, 1.165) is 37.1 Å². The van der Waals surface area contributed by atoms with Gasteiger partial charge in [0.15, 0.2) is 0 Å². The molecule has 0 unspecified atom stereocenters. The Kier molecular flexibility index (Phi) is 5.37. The lowest BCUT2D eigenvalue weighted by Gasteiger charge is -2.29. The number of anilines is 1. The van der Waals surface area contributed by atoms with E-state index < -0.39 is 0 Å². The summed E-state index contributed by atoms with van der Waals surface area (Å²) in [6, 6.07) is 18.5. The maximum Gasteiger partial charge on any atom is 0.318 e. The maximum absolute atomic E-state index is 12.5. The third-order valence-electron chi connectivity index (χ3n) is 5.16. The molecule has 3 aromatic rings. The van der Waals surface area contributed by atoms with Crippen LogP contribution in [0.15, 0.2) is 59.0 Å². The highest BCUT2D eigenvalue weighted by Gasteiger charge is 2.27. The van der Waals surface area contributed by atoms with Crippen LogP contribution < -0.4 is 10.2 Å². The van der Waals surface area contributed by atoms with Crippen LogP contribution in [0.5, 0.6) is 0 Å². The first kappa shape index (κ1) is 18.2. The summed E-state index contributed by atoms with van der Waals surface area (Å²) >= 11 is 0. The van der Waals surface area contributed by atoms with Gasteiger partial charge >= 0.3 is 6.01 Å². The Hall–Kier alpha value is -3.15. The van der Waals surface area contributed by atoms with Gasteiger partial charge in [0.25, 0.3) is 0 Å². The first-order valence-corrected chi connectivity index (χ1v) is 9.66. The van der Waals surface area contributed by atoms with Gasteiger partial charge in [-0.05, 0) is 37.5 Å². The van der Waals surface area contributed by atoms with E-state index in [9.17, 15) is 4.79 Å². The molecule has 1 aromatic heterocycles. The number of aromatic nitrogens is 2. The fourth-order valence-electron chi connectivity index (χ4n) is 3.42. The van der Waals surface area contributed by atoms with Crippen molar-refractivity contribution in [2.75, 3.05) is 18.0 Å². The minimum atomic E-state index is 0.0273. The highest BCUT2D eigenvalue weighted by Crippen LogP contribution is 2.26. The minimum absolute atomic E-state index is 0.0273. The molecule has 0 radical (unpaired) electrons. The van der Waals surface area contributed by atoms with Gasteiger partial charge in [-0.25, -0.2) is 0 Å². The Morgan fingerprint density at radius 2 is 1.79 bits per heavy atom. The SMILES string of the molecule is Cc1ccc(-c2nnc(N3CCC(C(=O)NCc4ccccc4)CC3)o2)cc1. The summed E-state index contributed by atoms with van der Waals surface area (Å²) in [5.74, 6) is 0.673. The van der Waals surface area contributed by atoms with Crippen LogP contribution in [-0.2, 0) is 11.3 Å². The molecular weight excluding hydrogens is 352 g/mol. The lowest BCUT2D eigenvalue weighted by atomic mass is 9.96. The van der Waals surface area contributed by atoms with E-state index in [1.54, 1.807) is 0 Å². The third kappa shape index (κ3) is 4.22. The van der Waals surface area contributed by atoms with E-state index >= 15 is 0 Å². The lowest BCUT2D eigenvalue weighted by molar-refractivity contribution is -0.125. The van der Waals surface area contributed by atoms with Crippen molar-refractivity contribution < 1.29 is 9.21 Å². The van der Waals surface area contributed by atoms with E-state index in [1.807, 2.05) is 61.5 Å². The van der Waals surface area contributed by atoms with Crippen LogP contribution in [0.2, 0.25) is 0 Å². The maximum atomic E-state index is 12.5. The van der Waals surface area contributed by atoms with Gasteiger partial charge in [-0.1, -0.05) is 53.1 Å². The van der Waals surface area contributed by atoms with Crippen molar-refractivity contribution in [2.45, 2.75) is 26.3 Å². The molecule has 2 aromatic carbocycles. The Morgan fingerprint density at radius 1 is 1.07 bits per heavy atom. The molecule has 6 heteroatoms. The topological polar surface area (TPSA) is 71.3 Å². The molecule has 1 N–H and O–H groups in total. The van der Waals surface area contributed by atoms with Crippen LogP contribution in [0.3, 0.4) is 0 Å². The zero-order valence-corrected chi connectivity index (χ0v) is 16.0. The first-order chi connectivity index (χ1) is 13.7. The lowest BCUT2D eigenvalue weighted by Crippen LogP contribution is -2.40. The van der Waals surface area contributed by atoms with Gasteiger partial charge in [0, 0.05) is 31.1 Å². The molecule has 6 nitrogen and oxygen atoms in total. The van der Waals surface area contributed by atoms with Gasteiger partial charge < -0.3 is 14.6 Å². The van der Waals surface area contributed by atoms with Crippen molar-refractivity contribution in [1.29, 1.82) is 0 Å². The number of nitrogens with one attached hydrogen (secondary N) is 1. The number of carbonyl (C=O) groups is 1. The summed E-state index contributed by atoms with van der Waals surface area (Å²) in [6.45, 7) is 4.09. The summed E-state index contributed by atoms with van der Waals surface area (Å²) < 4.78 is 5.85. The van der Waals surface area contributed by atoms with Crippen LogP contribution >= 0.6 is 0 Å². The molecule has 0 atom stereocenters. The van der Waals surface area contributed by atoms with E-state index in [0.29, 0.717) is 18.5 Å². The summed E-state index contributed by atoms with van der Waals surface area (Å²) in [6.07, 6.45) is 1.56. The highest BCUT2D eigenvalue weighted by atomic mass is 16.4. The van der Waals surface area contributed by atoms with Crippen molar-refractivity contribution in [3.8, 4) is 11.5 Å². The second kappa shape index (κ2) is 8.25. The van der Waals surface area contributed by atoms with Crippen LogP contribution in [0.25, 0.3) is 11.5 Å². The van der Waals surface area contributed by atoms with E-state index in [-0.39, 0.29) is 11.8 Å². The first-order valence-electron chi connectivity index (χ1n) is 9.66. The number of rotatable bonds is 5. The van der Waals surface area contributed by atoms with Crippen molar-refractivity contribution >= 4 is 11.9 Å². The average Bonchev–Trinajstić information content (AvgIpc) is 3.24. The summed E-state index contributed by atoms with van der Waals surface area (Å²) in [5, 5.41) is 11.4. The minimum Gasteiger partial charge on any atom is -0.403 e. The largest absolute Gasteiger partial charge is 0.403 e. The molecule has 0 bridgehead atoms. The molecule has 1 saturated heterocycles. The van der Waals surface area contributed by atoms with Crippen LogP contribution in [0.4, 0.5) is 6.01 Å². The average molecular weight is 376 g/mol. The van der Waals surface area contributed by atoms with Crippen molar-refractivity contribution in [3.63, 3.8) is 0 Å². The number of amides is 1. The predicted octanol–water partition coefficient (Wildman–Crippen LogP) is 3.58. The summed E-state index contributed by atoms with van der Waals surface area (Å²) in [5.41, 5.74) is 3.22. The second-order valence-electron chi connectivity index (χ2n) is 7.22. The fraction of sp³-hybridized carbons (Fsp3) is 0.318. The number of carbonyl (C=O) groups excluding carboxylic acids is 1. The number of hydrogen-bond donors (Lipinski definition) is 1. The van der Waals surface area contributed by atoms with Gasteiger partial charge in [-0.15, -0.1) is 5.10 Å². The molecule has 1 aliphatic heterocycles. The third-order valence-corrected chi connectivity index (χ3v) is 5.16. The van der Waals surface area contributed by atoms with E-state index in [1.165, 1.54) is 5.56 Å². The number of piperidine rings is 1. The number of nitrogens with zero attached hydrogens (tertiary/aromatic N) is 3. The molecule has 0 saturated carbocycles. The van der Waals surface area contributed by atoms with Crippen LogP contribution in [0, 0.1) is 12.8 Å². The number of aryl methyl sites for hydroxylation is 1. The van der Waals surface area contributed by atoms with E-state index in [4.69, 9.17) is 4.42 Å². The molecule has 2 heterocycles. The molecule has 28 heavy (non-hydrogen) atoms. The fourth-order valence-corrected chi connectivity index (χ4v) is 3.42. The molecule has 1 fully saturated rings. The zero-order chi connectivity index (χ0) is 19.3. The molecule has 1 aliphatic rings. The van der Waals surface area contributed by atoms with Crippen molar-refractivity contribution in [1.82, 2.24) is 15.5 Å². The van der Waals surface area contributed by atoms with Gasteiger partial charge in [0.2, 0.25) is 11.8 Å². The highest BCUT2D eigenvalue weighted by molar-refractivity contribution is 5.78. The second-order valence-corrected chi connectivity index (χ2v) is 7.22. The summed E-state index contributed by atoms with van der Waals surface area (Å²) in [4.78, 5) is 14.5. The molecule has 144 valence electrons. The number of hydrogen-bond acceptors (Lipinski definition) is 5. The monoisotopic (exact) mass is 376 g/mol. The van der Waals surface area contributed by atoms with Crippen LogP contribution in [-0.4, -0.2) is 29.2 Å². The molecule has 1 amide bonds. The molecule has 0 aliphatic carbocycles. The van der Waals surface area contributed by atoms with Gasteiger partial charge in [0.1, 0.15) is 0 Å². The molecule has 4 rings (SSSR count). The van der Waals surface area contributed by atoms with E-state index in [2.05, 4.69) is 20.4 Å². The van der Waals surface area contributed by atoms with Crippen molar-refractivity contribution in [3.05, 3.63) is 65.7 Å². The smallest absolute Gasteiger partial charge is 0.318 e. The van der Waals surface area contributed by atoms with Gasteiger partial charge in [-0.3, -0.25) is 4.79 Å². The Bertz CT molecular complexity index is 913. The zero-order valence-electron chi connectivity index (χ0n) is 16.0. The van der Waals surface area contributed by atoms with Gasteiger partial charge in [0.05, 0.1) is 0 Å². The predicted molar refractivity (Wildman–Crippen MR) is 108 cm³/mol. The summed E-state index contributed by atoms with van der Waals surface area (Å²) in [7, 11) is 0. The number of benzene rings is 2. The van der Waals surface area contributed by atoms with Crippen molar-refractivity contribution in [2.24, 2.45) is 5.92 Å². The standard InChI is InChI=1S/C22H24N4O2/c1-16-7-9-19(10-8-16)21-24-25-22(28-21)26-13-11-18(12-14-26)20(27)23-15-17-5-3-2-4-6-17/h2-10,18H,11-15H2,1H3,(H,23,27). The Labute approximate surface area is 164 Å². The normalized spacial score (nSPS) is 14.8. The van der Waals surface area contributed by atoms with Crippen LogP contribution in [0.1, 0.15) is 24.0 Å². The van der Waals surface area contributed by atoms with Gasteiger partial charge in [-0.2, -0.15) is 0 Å². The molecular formula is C22H24N4O2.